The molecule has 8 aromatic rings. The summed E-state index contributed by atoms with van der Waals surface area (Å²) < 4.78 is 0. The number of hydrogen-bond donors (Lipinski definition) is 3. The zero-order valence-corrected chi connectivity index (χ0v) is 52.4. The maximum absolute atomic E-state index is 4.32. The second-order valence-electron chi connectivity index (χ2n) is 17.9. The number of H-pyrrole nitrogens is 3. The summed E-state index contributed by atoms with van der Waals surface area (Å²) in [5.41, 5.74) is 11.7. The molecule has 76 heavy (non-hydrogen) atoms. The summed E-state index contributed by atoms with van der Waals surface area (Å²) in [4.78, 5) is 11.5. The number of aromatic nitrogens is 6. The average molecular weight is 1040 g/mol. The summed E-state index contributed by atoms with van der Waals surface area (Å²) in [6.07, 6.45) is 14.0. The molecule has 0 fully saturated rings. The predicted molar refractivity (Wildman–Crippen MR) is 348 cm³/mol. The number of nitrogens with one attached hydrogen (secondary N) is 3. The van der Waals surface area contributed by atoms with Crippen LogP contribution in [0.3, 0.4) is 0 Å². The number of benzene rings is 4. The summed E-state index contributed by atoms with van der Waals surface area (Å²) in [6.45, 7) is 52.5. The lowest BCUT2D eigenvalue weighted by Gasteiger charge is -2.06. The molecule has 3 N–H and O–H groups in total. The molecule has 9 rings (SSSR count). The van der Waals surface area contributed by atoms with Crippen molar-refractivity contribution in [1.82, 2.24) is 30.4 Å². The van der Waals surface area contributed by atoms with E-state index in [1.807, 2.05) is 126 Å². The Bertz CT molecular complexity index is 2260. The fraction of sp³-hybridized carbons (Fsp3) is 0.478. The van der Waals surface area contributed by atoms with E-state index in [4.69, 9.17) is 0 Å². The van der Waals surface area contributed by atoms with Crippen molar-refractivity contribution in [1.29, 1.82) is 0 Å². The lowest BCUT2D eigenvalue weighted by molar-refractivity contribution is 0.737. The molecule has 0 atom stereocenters. The van der Waals surface area contributed by atoms with Crippen molar-refractivity contribution in [2.24, 2.45) is 10.9 Å². The molecule has 426 valence electrons. The monoisotopic (exact) mass is 1040 g/mol. The molecule has 7 heteroatoms. The Hall–Kier alpha value is -6.08. The van der Waals surface area contributed by atoms with Crippen molar-refractivity contribution < 1.29 is 0 Å². The van der Waals surface area contributed by atoms with Crippen molar-refractivity contribution in [2.75, 3.05) is 0 Å². The van der Waals surface area contributed by atoms with Gasteiger partial charge in [-0.05, 0) is 111 Å². The largest absolute Gasteiger partial charge is 0.361 e. The minimum atomic E-state index is 0. The number of fused-ring (bicyclic) bond motifs is 3. The van der Waals surface area contributed by atoms with Crippen molar-refractivity contribution in [3.63, 3.8) is 0 Å². The molecule has 7 nitrogen and oxygen atoms in total. The first kappa shape index (κ1) is 78.8. The molecular formula is C69H115N7. The zero-order chi connectivity index (χ0) is 58.1. The highest BCUT2D eigenvalue weighted by Crippen LogP contribution is 2.28. The Balaban J connectivity index is -0.000000254. The predicted octanol–water partition coefficient (Wildman–Crippen LogP) is 22.9. The van der Waals surface area contributed by atoms with Crippen molar-refractivity contribution >= 4 is 33.7 Å². The first-order valence-corrected chi connectivity index (χ1v) is 28.7. The fourth-order valence-electron chi connectivity index (χ4n) is 5.98. The van der Waals surface area contributed by atoms with Gasteiger partial charge in [0.2, 0.25) is 0 Å². The lowest BCUT2D eigenvalue weighted by Crippen LogP contribution is -1.87. The van der Waals surface area contributed by atoms with E-state index in [1.165, 1.54) is 55.4 Å². The lowest BCUT2D eigenvalue weighted by atomic mass is 10.0. The molecule has 0 amide bonds. The molecule has 4 aromatic carbocycles. The average Bonchev–Trinajstić information content (AvgIpc) is 4.33. The van der Waals surface area contributed by atoms with E-state index in [0.717, 1.165) is 17.9 Å². The highest BCUT2D eigenvalue weighted by atomic mass is 15.1. The Morgan fingerprint density at radius 1 is 0.408 bits per heavy atom. The van der Waals surface area contributed by atoms with Gasteiger partial charge in [0.05, 0.1) is 17.4 Å². The maximum atomic E-state index is 4.32. The highest BCUT2D eigenvalue weighted by Gasteiger charge is 2.08. The van der Waals surface area contributed by atoms with Gasteiger partial charge >= 0.3 is 0 Å². The minimum Gasteiger partial charge on any atom is -0.361 e. The van der Waals surface area contributed by atoms with Crippen LogP contribution in [0.5, 0.6) is 0 Å². The molecule has 0 bridgehead atoms. The van der Waals surface area contributed by atoms with Gasteiger partial charge in [0, 0.05) is 54.5 Å². The Labute approximate surface area is 469 Å². The van der Waals surface area contributed by atoms with Gasteiger partial charge in [-0.15, -0.1) is 0 Å². The smallest absolute Gasteiger partial charge is 0.0664 e. The summed E-state index contributed by atoms with van der Waals surface area (Å²) in [6, 6.07) is 38.1. The number of nitrogens with zero attached hydrogens (tertiary/aromatic N) is 4. The Morgan fingerprint density at radius 3 is 1.30 bits per heavy atom. The van der Waals surface area contributed by atoms with Gasteiger partial charge in [-0.25, -0.2) is 0 Å². The van der Waals surface area contributed by atoms with Crippen LogP contribution < -0.4 is 0 Å². The third kappa shape index (κ3) is 36.0. The van der Waals surface area contributed by atoms with E-state index in [-0.39, 0.29) is 7.43 Å². The van der Waals surface area contributed by atoms with Crippen molar-refractivity contribution in [3.05, 3.63) is 180 Å². The first-order valence-electron chi connectivity index (χ1n) is 28.7. The molecule has 1 aliphatic rings. The molecule has 0 saturated heterocycles. The van der Waals surface area contributed by atoms with Gasteiger partial charge < -0.3 is 4.98 Å². The molecule has 4 aromatic heterocycles. The standard InChI is InChI=1S/2C11H13N.C10H12N2.C9H12.C8H11N.C4H10.C3H4N2.6C2H6.CH4/c2*1-8(2)10-4-3-9-5-6-12-11(9)7-10;1-7(2)8-3-4-9-6-11-12-10(9)5-8;1-8(2)9-6-4-3-5-7-9;1-7(2)8-4-3-5-9-6-8;1-4(2)3;1-2-4-5-3-1;6*1-2;/h3-4,6-8H,5H2,1-2H3;3-8,12H,1-2H3;3-7H,1-2H3,(H,11,12);3-8H,1-2H3;3-7H,1-2H3;4H,1-3H3;1-3H,(H,4,5);6*1-2H3;1H4. The van der Waals surface area contributed by atoms with Crippen LogP contribution >= 0.6 is 0 Å². The number of aromatic amines is 3. The van der Waals surface area contributed by atoms with Crippen LogP contribution in [0.25, 0.3) is 21.8 Å². The second-order valence-corrected chi connectivity index (χ2v) is 17.9. The van der Waals surface area contributed by atoms with Crippen LogP contribution in [0.2, 0.25) is 0 Å². The zero-order valence-electron chi connectivity index (χ0n) is 52.4. The molecule has 0 unspecified atom stereocenters. The number of rotatable bonds is 5. The third-order valence-electron chi connectivity index (χ3n) is 9.92. The maximum Gasteiger partial charge on any atom is 0.0664 e. The number of aliphatic imine (C=N–C) groups is 1. The summed E-state index contributed by atoms with van der Waals surface area (Å²) in [7, 11) is 0. The summed E-state index contributed by atoms with van der Waals surface area (Å²) >= 11 is 0. The van der Waals surface area contributed by atoms with E-state index < -0.39 is 0 Å². The molecule has 0 aliphatic carbocycles. The van der Waals surface area contributed by atoms with Gasteiger partial charge in [0.1, 0.15) is 0 Å². The van der Waals surface area contributed by atoms with Gasteiger partial charge in [0.25, 0.3) is 0 Å². The van der Waals surface area contributed by atoms with E-state index in [9.17, 15) is 0 Å². The topological polar surface area (TPSA) is 98.4 Å². The van der Waals surface area contributed by atoms with Crippen molar-refractivity contribution in [2.45, 2.75) is 217 Å². The van der Waals surface area contributed by atoms with Crippen LogP contribution in [0.4, 0.5) is 5.69 Å². The van der Waals surface area contributed by atoms with Gasteiger partial charge in [-0.1, -0.05) is 253 Å². The van der Waals surface area contributed by atoms with Crippen LogP contribution in [0.1, 0.15) is 243 Å². The van der Waals surface area contributed by atoms with E-state index in [0.29, 0.717) is 29.6 Å². The van der Waals surface area contributed by atoms with Gasteiger partial charge in [-0.3, -0.25) is 20.2 Å². The Kier molecular flexibility index (Phi) is 54.3. The number of hydrogen-bond acceptors (Lipinski definition) is 4. The molecule has 5 heterocycles. The van der Waals surface area contributed by atoms with Crippen LogP contribution in [0, 0.1) is 5.92 Å². The molecule has 0 saturated carbocycles. The highest BCUT2D eigenvalue weighted by molar-refractivity contribution is 5.80. The van der Waals surface area contributed by atoms with Gasteiger partial charge in [-0.2, -0.15) is 10.2 Å². The molecule has 0 spiro atoms. The van der Waals surface area contributed by atoms with Crippen LogP contribution in [0.15, 0.2) is 151 Å². The van der Waals surface area contributed by atoms with Crippen LogP contribution in [-0.2, 0) is 6.42 Å². The minimum absolute atomic E-state index is 0. The molecule has 0 radical (unpaired) electrons. The Morgan fingerprint density at radius 2 is 0.882 bits per heavy atom. The summed E-state index contributed by atoms with van der Waals surface area (Å²) in [5.74, 6) is 3.88. The SMILES string of the molecule is C.CC.CC.CC.CC.CC.CC.CC(C)C.CC(C)c1ccc2c(c1)N=CC2.CC(C)c1ccc2cc[nH]c2c1.CC(C)c1ccc2cn[nH]c2c1.CC(C)c1ccccc1.CC(C)c1cccnc1.c1cn[nH]c1. The first-order chi connectivity index (χ1) is 36.2. The number of pyridine rings is 1. The second kappa shape index (κ2) is 52.4. The summed E-state index contributed by atoms with van der Waals surface area (Å²) in [5, 5.41) is 15.6. The van der Waals surface area contributed by atoms with E-state index in [1.54, 1.807) is 18.6 Å². The molecular weight excluding hydrogens is 927 g/mol. The van der Waals surface area contributed by atoms with E-state index >= 15 is 0 Å². The van der Waals surface area contributed by atoms with Crippen molar-refractivity contribution in [3.8, 4) is 0 Å². The fourth-order valence-corrected chi connectivity index (χ4v) is 5.98. The van der Waals surface area contributed by atoms with Crippen LogP contribution in [-0.4, -0.2) is 36.6 Å². The van der Waals surface area contributed by atoms with Gasteiger partial charge in [0.15, 0.2) is 0 Å². The normalized spacial score (nSPS) is 9.62. The quantitative estimate of drug-likeness (QED) is 0.160. The molecule has 1 aliphatic heterocycles. The van der Waals surface area contributed by atoms with E-state index in [2.05, 4.69) is 216 Å². The third-order valence-corrected chi connectivity index (χ3v) is 9.92.